The fourth-order valence-electron chi connectivity index (χ4n) is 3.00. The van der Waals surface area contributed by atoms with Gasteiger partial charge in [0, 0.05) is 13.1 Å². The topological polar surface area (TPSA) is 70.4 Å². The van der Waals surface area contributed by atoms with Gasteiger partial charge in [-0.15, -0.1) is 0 Å². The Kier molecular flexibility index (Phi) is 5.38. The highest BCUT2D eigenvalue weighted by molar-refractivity contribution is 5.94. The standard InChI is InChI=1S/C18H22N2O3/c1-12-9-15(18(22)23-3)14(16(11-19)13(12)2)10-17(21)20-7-5-4-6-8-20/h9H,4-8,10H2,1-3H3. The number of carbonyl (C=O) groups excluding carboxylic acids is 2. The van der Waals surface area contributed by atoms with Gasteiger partial charge in [-0.1, -0.05) is 0 Å². The van der Waals surface area contributed by atoms with Crippen LogP contribution in [0.25, 0.3) is 0 Å². The van der Waals surface area contributed by atoms with Crippen molar-refractivity contribution in [2.75, 3.05) is 20.2 Å². The molecule has 0 unspecified atom stereocenters. The van der Waals surface area contributed by atoms with Gasteiger partial charge in [0.05, 0.1) is 30.7 Å². The van der Waals surface area contributed by atoms with E-state index in [1.807, 2.05) is 18.7 Å². The molecule has 1 heterocycles. The molecular formula is C18H22N2O3. The molecule has 0 spiro atoms. The van der Waals surface area contributed by atoms with Crippen LogP contribution in [0.15, 0.2) is 6.07 Å². The Morgan fingerprint density at radius 1 is 1.26 bits per heavy atom. The van der Waals surface area contributed by atoms with Gasteiger partial charge in [0.2, 0.25) is 5.91 Å². The molecule has 23 heavy (non-hydrogen) atoms. The lowest BCUT2D eigenvalue weighted by Crippen LogP contribution is -2.37. The summed E-state index contributed by atoms with van der Waals surface area (Å²) in [5.41, 5.74) is 2.86. The molecule has 1 aromatic rings. The van der Waals surface area contributed by atoms with E-state index in [4.69, 9.17) is 4.74 Å². The van der Waals surface area contributed by atoms with Gasteiger partial charge in [-0.25, -0.2) is 4.79 Å². The van der Waals surface area contributed by atoms with Crippen molar-refractivity contribution >= 4 is 11.9 Å². The van der Waals surface area contributed by atoms with Crippen molar-refractivity contribution in [3.63, 3.8) is 0 Å². The zero-order valence-electron chi connectivity index (χ0n) is 13.9. The van der Waals surface area contributed by atoms with Crippen molar-refractivity contribution < 1.29 is 14.3 Å². The first-order valence-electron chi connectivity index (χ1n) is 7.88. The molecule has 5 heteroatoms. The molecule has 0 bridgehead atoms. The summed E-state index contributed by atoms with van der Waals surface area (Å²) in [4.78, 5) is 26.4. The summed E-state index contributed by atoms with van der Waals surface area (Å²) in [5.74, 6) is -0.541. The highest BCUT2D eigenvalue weighted by Crippen LogP contribution is 2.24. The molecule has 1 aromatic carbocycles. The Labute approximate surface area is 136 Å². The lowest BCUT2D eigenvalue weighted by atomic mass is 9.91. The lowest BCUT2D eigenvalue weighted by Gasteiger charge is -2.27. The molecule has 0 aliphatic carbocycles. The third-order valence-electron chi connectivity index (χ3n) is 4.51. The Morgan fingerprint density at radius 2 is 1.91 bits per heavy atom. The molecule has 0 atom stereocenters. The van der Waals surface area contributed by atoms with E-state index < -0.39 is 5.97 Å². The number of hydrogen-bond donors (Lipinski definition) is 0. The summed E-state index contributed by atoms with van der Waals surface area (Å²) in [6, 6.07) is 3.86. The number of rotatable bonds is 3. The highest BCUT2D eigenvalue weighted by atomic mass is 16.5. The second-order valence-electron chi connectivity index (χ2n) is 5.94. The van der Waals surface area contributed by atoms with Crippen LogP contribution in [0.4, 0.5) is 0 Å². The van der Waals surface area contributed by atoms with Crippen LogP contribution in [0.1, 0.15) is 51.9 Å². The van der Waals surface area contributed by atoms with Gasteiger partial charge in [0.1, 0.15) is 0 Å². The Bertz CT molecular complexity index is 668. The third-order valence-corrected chi connectivity index (χ3v) is 4.51. The Morgan fingerprint density at radius 3 is 2.48 bits per heavy atom. The number of piperidine rings is 1. The van der Waals surface area contributed by atoms with Crippen LogP contribution in [0, 0.1) is 25.2 Å². The molecule has 0 N–H and O–H groups in total. The van der Waals surface area contributed by atoms with Gasteiger partial charge >= 0.3 is 5.97 Å². The molecule has 1 aliphatic rings. The first kappa shape index (κ1) is 17.0. The Hall–Kier alpha value is -2.35. The first-order chi connectivity index (χ1) is 11.0. The third kappa shape index (κ3) is 3.53. The van der Waals surface area contributed by atoms with Crippen molar-refractivity contribution in [2.45, 2.75) is 39.5 Å². The van der Waals surface area contributed by atoms with E-state index in [9.17, 15) is 14.9 Å². The van der Waals surface area contributed by atoms with Crippen molar-refractivity contribution in [2.24, 2.45) is 0 Å². The maximum atomic E-state index is 12.6. The maximum absolute atomic E-state index is 12.6. The molecule has 1 amide bonds. The highest BCUT2D eigenvalue weighted by Gasteiger charge is 2.24. The summed E-state index contributed by atoms with van der Waals surface area (Å²) in [5, 5.41) is 9.50. The normalized spacial score (nSPS) is 14.3. The van der Waals surface area contributed by atoms with Crippen molar-refractivity contribution in [3.05, 3.63) is 33.9 Å². The number of aryl methyl sites for hydroxylation is 1. The monoisotopic (exact) mass is 314 g/mol. The molecule has 0 radical (unpaired) electrons. The number of benzene rings is 1. The summed E-state index contributed by atoms with van der Waals surface area (Å²) >= 11 is 0. The molecule has 122 valence electrons. The molecule has 5 nitrogen and oxygen atoms in total. The number of esters is 1. The van der Waals surface area contributed by atoms with Crippen molar-refractivity contribution in [1.82, 2.24) is 4.90 Å². The lowest BCUT2D eigenvalue weighted by molar-refractivity contribution is -0.131. The summed E-state index contributed by atoms with van der Waals surface area (Å²) in [7, 11) is 1.31. The van der Waals surface area contributed by atoms with E-state index in [0.717, 1.165) is 43.5 Å². The van der Waals surface area contributed by atoms with Crippen LogP contribution in [0.5, 0.6) is 0 Å². The van der Waals surface area contributed by atoms with Crippen molar-refractivity contribution in [1.29, 1.82) is 5.26 Å². The molecule has 0 saturated carbocycles. The molecule has 1 aliphatic heterocycles. The molecule has 1 fully saturated rings. The number of nitrogens with zero attached hydrogens (tertiary/aromatic N) is 2. The minimum absolute atomic E-state index is 0.0328. The van der Waals surface area contributed by atoms with E-state index in [1.165, 1.54) is 7.11 Å². The van der Waals surface area contributed by atoms with Crippen LogP contribution in [0.2, 0.25) is 0 Å². The molecule has 1 saturated heterocycles. The fourth-order valence-corrected chi connectivity index (χ4v) is 3.00. The van der Waals surface area contributed by atoms with Crippen LogP contribution in [-0.2, 0) is 16.0 Å². The van der Waals surface area contributed by atoms with Crippen LogP contribution < -0.4 is 0 Å². The van der Waals surface area contributed by atoms with Gasteiger partial charge in [-0.2, -0.15) is 5.26 Å². The average molecular weight is 314 g/mol. The first-order valence-corrected chi connectivity index (χ1v) is 7.88. The summed E-state index contributed by atoms with van der Waals surface area (Å²) < 4.78 is 4.83. The number of methoxy groups -OCH3 is 1. The average Bonchev–Trinajstić information content (AvgIpc) is 2.58. The molecule has 2 rings (SSSR count). The number of likely N-dealkylation sites (tertiary alicyclic amines) is 1. The summed E-state index contributed by atoms with van der Waals surface area (Å²) in [6.07, 6.45) is 3.22. The quantitative estimate of drug-likeness (QED) is 0.804. The predicted octanol–water partition coefficient (Wildman–Crippen LogP) is 2.52. The van der Waals surface area contributed by atoms with Gasteiger partial charge in [-0.05, 0) is 55.9 Å². The Balaban J connectivity index is 2.42. The number of hydrogen-bond acceptors (Lipinski definition) is 4. The predicted molar refractivity (Wildman–Crippen MR) is 86.1 cm³/mol. The zero-order chi connectivity index (χ0) is 17.0. The second-order valence-corrected chi connectivity index (χ2v) is 5.94. The van der Waals surface area contributed by atoms with Crippen molar-refractivity contribution in [3.8, 4) is 6.07 Å². The van der Waals surface area contributed by atoms with E-state index in [2.05, 4.69) is 6.07 Å². The smallest absolute Gasteiger partial charge is 0.338 e. The van der Waals surface area contributed by atoms with Gasteiger partial charge in [-0.3, -0.25) is 4.79 Å². The van der Waals surface area contributed by atoms with E-state index in [-0.39, 0.29) is 12.3 Å². The maximum Gasteiger partial charge on any atom is 0.338 e. The number of amides is 1. The summed E-state index contributed by atoms with van der Waals surface area (Å²) in [6.45, 7) is 5.18. The molecule has 0 aromatic heterocycles. The zero-order valence-corrected chi connectivity index (χ0v) is 13.9. The molecular weight excluding hydrogens is 292 g/mol. The van der Waals surface area contributed by atoms with Crippen LogP contribution >= 0.6 is 0 Å². The van der Waals surface area contributed by atoms with Gasteiger partial charge < -0.3 is 9.64 Å². The van der Waals surface area contributed by atoms with Gasteiger partial charge in [0.15, 0.2) is 0 Å². The second kappa shape index (κ2) is 7.28. The van der Waals surface area contributed by atoms with E-state index in [1.54, 1.807) is 6.07 Å². The largest absolute Gasteiger partial charge is 0.465 e. The SMILES string of the molecule is COC(=O)c1cc(C)c(C)c(C#N)c1CC(=O)N1CCCCC1. The minimum Gasteiger partial charge on any atom is -0.465 e. The number of nitriles is 1. The minimum atomic E-state index is -0.508. The van der Waals surface area contributed by atoms with Gasteiger partial charge in [0.25, 0.3) is 0 Å². The fraction of sp³-hybridized carbons (Fsp3) is 0.500. The van der Waals surface area contributed by atoms with E-state index in [0.29, 0.717) is 16.7 Å². The number of carbonyl (C=O) groups is 2. The van der Waals surface area contributed by atoms with Crippen LogP contribution in [-0.4, -0.2) is 37.0 Å². The number of ether oxygens (including phenoxy) is 1. The van der Waals surface area contributed by atoms with Crippen LogP contribution in [0.3, 0.4) is 0 Å². The van der Waals surface area contributed by atoms with E-state index >= 15 is 0 Å².